The van der Waals surface area contributed by atoms with Gasteiger partial charge in [-0.05, 0) is 37.1 Å². The number of rotatable bonds is 1. The molecule has 0 N–H and O–H groups in total. The van der Waals surface area contributed by atoms with Gasteiger partial charge in [-0.3, -0.25) is 0 Å². The molecular weight excluding hydrogens is 141 g/mol. The van der Waals surface area contributed by atoms with Crippen molar-refractivity contribution in [3.8, 4) is 6.07 Å². The van der Waals surface area contributed by atoms with Crippen LogP contribution in [0.25, 0.3) is 0 Å². The van der Waals surface area contributed by atoms with Gasteiger partial charge >= 0.3 is 0 Å². The summed E-state index contributed by atoms with van der Waals surface area (Å²) in [6, 6.07) is 6.19. The molecule has 0 saturated carbocycles. The fraction of sp³-hybridized carbons (Fsp3) is 0.111. The lowest BCUT2D eigenvalue weighted by Gasteiger charge is -1.97. The Labute approximate surface area is 65.1 Å². The molecule has 0 aromatic heterocycles. The summed E-state index contributed by atoms with van der Waals surface area (Å²) < 4.78 is 12.8. The van der Waals surface area contributed by atoms with Gasteiger partial charge in [-0.25, -0.2) is 4.39 Å². The molecule has 1 aromatic rings. The average molecular weight is 148 g/mol. The Kier molecular flexibility index (Phi) is 2.22. The molecule has 0 saturated heterocycles. The summed E-state index contributed by atoms with van der Waals surface area (Å²) in [5, 5.41) is 8.46. The van der Waals surface area contributed by atoms with Gasteiger partial charge in [0.1, 0.15) is 5.82 Å². The maximum atomic E-state index is 12.8. The second-order valence-electron chi connectivity index (χ2n) is 2.17. The second-order valence-corrected chi connectivity index (χ2v) is 2.17. The van der Waals surface area contributed by atoms with Crippen molar-refractivity contribution in [1.82, 2.24) is 0 Å². The highest BCUT2D eigenvalue weighted by Crippen LogP contribution is 2.09. The number of hydrogen-bond acceptors (Lipinski definition) is 1. The standard InChI is InChI=1S/C9H7FN/c1-2-8-5-7(6-11)3-4-9(8)10/h3-5H,1-2H2. The zero-order valence-corrected chi connectivity index (χ0v) is 5.97. The van der Waals surface area contributed by atoms with Crippen LogP contribution in [0.1, 0.15) is 11.1 Å². The van der Waals surface area contributed by atoms with Crippen molar-refractivity contribution in [2.24, 2.45) is 0 Å². The van der Waals surface area contributed by atoms with E-state index in [1.54, 1.807) is 0 Å². The van der Waals surface area contributed by atoms with Crippen LogP contribution in [-0.2, 0) is 6.42 Å². The first kappa shape index (κ1) is 7.74. The molecule has 0 fully saturated rings. The summed E-state index contributed by atoms with van der Waals surface area (Å²) in [4.78, 5) is 0. The highest BCUT2D eigenvalue weighted by atomic mass is 19.1. The Morgan fingerprint density at radius 3 is 2.82 bits per heavy atom. The smallest absolute Gasteiger partial charge is 0.126 e. The fourth-order valence-electron chi connectivity index (χ4n) is 0.836. The second kappa shape index (κ2) is 3.16. The quantitative estimate of drug-likeness (QED) is 0.598. The van der Waals surface area contributed by atoms with E-state index in [0.29, 0.717) is 17.5 Å². The first-order valence-electron chi connectivity index (χ1n) is 3.25. The molecule has 1 nitrogen and oxygen atoms in total. The first-order chi connectivity index (χ1) is 5.27. The molecule has 2 heteroatoms. The maximum Gasteiger partial charge on any atom is 0.126 e. The summed E-state index contributed by atoms with van der Waals surface area (Å²) in [7, 11) is 0. The van der Waals surface area contributed by atoms with E-state index in [0.717, 1.165) is 0 Å². The molecule has 0 spiro atoms. The van der Waals surface area contributed by atoms with Gasteiger partial charge in [0.05, 0.1) is 11.6 Å². The molecule has 55 valence electrons. The van der Waals surface area contributed by atoms with E-state index in [4.69, 9.17) is 5.26 Å². The van der Waals surface area contributed by atoms with Gasteiger partial charge in [0, 0.05) is 0 Å². The van der Waals surface area contributed by atoms with Crippen molar-refractivity contribution in [3.63, 3.8) is 0 Å². The molecule has 0 aliphatic heterocycles. The summed E-state index contributed by atoms with van der Waals surface area (Å²) in [5.74, 6) is -0.293. The van der Waals surface area contributed by atoms with Crippen LogP contribution in [0.15, 0.2) is 18.2 Å². The number of nitriles is 1. The molecule has 0 aliphatic rings. The maximum absolute atomic E-state index is 12.8. The van der Waals surface area contributed by atoms with E-state index in [2.05, 4.69) is 6.92 Å². The number of benzene rings is 1. The number of halogens is 1. The van der Waals surface area contributed by atoms with Gasteiger partial charge in [0.2, 0.25) is 0 Å². The molecule has 11 heavy (non-hydrogen) atoms. The lowest BCUT2D eigenvalue weighted by atomic mass is 10.1. The number of nitrogens with zero attached hydrogens (tertiary/aromatic N) is 1. The van der Waals surface area contributed by atoms with Gasteiger partial charge in [0.15, 0.2) is 0 Å². The highest BCUT2D eigenvalue weighted by Gasteiger charge is 1.99. The summed E-state index contributed by atoms with van der Waals surface area (Å²) in [6.45, 7) is 3.54. The molecule has 0 bridgehead atoms. The van der Waals surface area contributed by atoms with Crippen LogP contribution >= 0.6 is 0 Å². The minimum atomic E-state index is -0.293. The van der Waals surface area contributed by atoms with Gasteiger partial charge in [-0.1, -0.05) is 0 Å². The molecule has 0 unspecified atom stereocenters. The van der Waals surface area contributed by atoms with E-state index in [1.165, 1.54) is 18.2 Å². The summed E-state index contributed by atoms with van der Waals surface area (Å²) >= 11 is 0. The van der Waals surface area contributed by atoms with E-state index >= 15 is 0 Å². The van der Waals surface area contributed by atoms with Crippen LogP contribution in [0.5, 0.6) is 0 Å². The van der Waals surface area contributed by atoms with Crippen molar-refractivity contribution < 1.29 is 4.39 Å². The minimum Gasteiger partial charge on any atom is -0.207 e. The SMILES string of the molecule is [CH2]Cc1cc(C#N)ccc1F. The first-order valence-corrected chi connectivity index (χ1v) is 3.25. The van der Waals surface area contributed by atoms with Crippen LogP contribution in [0, 0.1) is 24.1 Å². The molecule has 1 aromatic carbocycles. The summed E-state index contributed by atoms with van der Waals surface area (Å²) in [5.41, 5.74) is 0.967. The van der Waals surface area contributed by atoms with E-state index in [-0.39, 0.29) is 5.82 Å². The topological polar surface area (TPSA) is 23.8 Å². The van der Waals surface area contributed by atoms with E-state index < -0.39 is 0 Å². The van der Waals surface area contributed by atoms with Gasteiger partial charge in [0.25, 0.3) is 0 Å². The van der Waals surface area contributed by atoms with Crippen LogP contribution in [0.4, 0.5) is 4.39 Å². The third-order valence-electron chi connectivity index (χ3n) is 1.44. The Morgan fingerprint density at radius 1 is 1.55 bits per heavy atom. The number of hydrogen-bond donors (Lipinski definition) is 0. The Bertz CT molecular complexity index is 299. The van der Waals surface area contributed by atoms with Crippen LogP contribution in [0.3, 0.4) is 0 Å². The third kappa shape index (κ3) is 1.56. The molecular formula is C9H7FN. The largest absolute Gasteiger partial charge is 0.207 e. The van der Waals surface area contributed by atoms with Gasteiger partial charge < -0.3 is 0 Å². The van der Waals surface area contributed by atoms with Crippen LogP contribution in [-0.4, -0.2) is 0 Å². The zero-order chi connectivity index (χ0) is 8.27. The van der Waals surface area contributed by atoms with E-state index in [9.17, 15) is 4.39 Å². The predicted molar refractivity (Wildman–Crippen MR) is 40.2 cm³/mol. The van der Waals surface area contributed by atoms with Gasteiger partial charge in [-0.2, -0.15) is 5.26 Å². The Balaban J connectivity index is 3.15. The Hall–Kier alpha value is -1.36. The Morgan fingerprint density at radius 2 is 2.27 bits per heavy atom. The zero-order valence-electron chi connectivity index (χ0n) is 5.97. The third-order valence-corrected chi connectivity index (χ3v) is 1.44. The lowest BCUT2D eigenvalue weighted by molar-refractivity contribution is 0.614. The van der Waals surface area contributed by atoms with Crippen LogP contribution in [0.2, 0.25) is 0 Å². The molecule has 1 radical (unpaired) electrons. The van der Waals surface area contributed by atoms with Crippen molar-refractivity contribution in [3.05, 3.63) is 42.1 Å². The molecule has 0 atom stereocenters. The molecule has 1 rings (SSSR count). The molecule has 0 aliphatic carbocycles. The van der Waals surface area contributed by atoms with E-state index in [1.807, 2.05) is 6.07 Å². The monoisotopic (exact) mass is 148 g/mol. The fourth-order valence-corrected chi connectivity index (χ4v) is 0.836. The van der Waals surface area contributed by atoms with Gasteiger partial charge in [-0.15, -0.1) is 0 Å². The van der Waals surface area contributed by atoms with Crippen molar-refractivity contribution in [1.29, 1.82) is 5.26 Å². The normalized spacial score (nSPS) is 9.18. The van der Waals surface area contributed by atoms with Crippen molar-refractivity contribution >= 4 is 0 Å². The van der Waals surface area contributed by atoms with Crippen molar-refractivity contribution in [2.75, 3.05) is 0 Å². The minimum absolute atomic E-state index is 0.293. The molecule has 0 heterocycles. The molecule has 0 amide bonds. The van der Waals surface area contributed by atoms with Crippen LogP contribution < -0.4 is 0 Å². The highest BCUT2D eigenvalue weighted by molar-refractivity contribution is 5.33. The lowest BCUT2D eigenvalue weighted by Crippen LogP contribution is -1.88. The average Bonchev–Trinajstić information content (AvgIpc) is 2.05. The predicted octanol–water partition coefficient (Wildman–Crippen LogP) is 2.07. The summed E-state index contributed by atoms with van der Waals surface area (Å²) in [6.07, 6.45) is 0.376. The van der Waals surface area contributed by atoms with Crippen molar-refractivity contribution in [2.45, 2.75) is 6.42 Å².